The molecule has 1 N–H and O–H groups in total. The molecular formula is C22H24N2O5S. The fraction of sp³-hybridized carbons (Fsp3) is 0.227. The summed E-state index contributed by atoms with van der Waals surface area (Å²) < 4.78 is 32.8. The first-order valence-corrected chi connectivity index (χ1v) is 11.3. The summed E-state index contributed by atoms with van der Waals surface area (Å²) in [6.07, 6.45) is 3.48. The van der Waals surface area contributed by atoms with Gasteiger partial charge in [0.1, 0.15) is 11.5 Å². The Morgan fingerprint density at radius 1 is 1.00 bits per heavy atom. The van der Waals surface area contributed by atoms with Crippen LogP contribution in [0.4, 0.5) is 10.5 Å². The molecule has 0 aliphatic carbocycles. The average Bonchev–Trinajstić information content (AvgIpc) is 3.21. The maximum absolute atomic E-state index is 12.9. The Kier molecular flexibility index (Phi) is 6.79. The number of benzene rings is 2. The minimum atomic E-state index is -3.59. The van der Waals surface area contributed by atoms with Crippen LogP contribution < -0.4 is 9.50 Å². The maximum Gasteiger partial charge on any atom is 0.322 e. The van der Waals surface area contributed by atoms with Crippen LogP contribution in [0.25, 0.3) is 0 Å². The normalized spacial score (nSPS) is 11.1. The van der Waals surface area contributed by atoms with Gasteiger partial charge >= 0.3 is 16.1 Å². The number of amides is 2. The zero-order valence-corrected chi connectivity index (χ0v) is 17.7. The number of furan rings is 1. The van der Waals surface area contributed by atoms with Gasteiger partial charge in [-0.2, -0.15) is 8.42 Å². The number of urea groups is 1. The Balaban J connectivity index is 1.73. The number of aryl methyl sites for hydroxylation is 1. The SMILES string of the molecule is CCc1ccc(NC(=O)N(Cc2ccc(OS(C)(=O)=O)cc2)Cc2ccco2)cc1. The van der Waals surface area contributed by atoms with Crippen LogP contribution >= 0.6 is 0 Å². The van der Waals surface area contributed by atoms with Gasteiger partial charge in [0.2, 0.25) is 0 Å². The molecule has 0 saturated heterocycles. The molecule has 1 heterocycles. The highest BCUT2D eigenvalue weighted by Gasteiger charge is 2.17. The lowest BCUT2D eigenvalue weighted by atomic mass is 10.1. The number of hydrogen-bond donors (Lipinski definition) is 1. The van der Waals surface area contributed by atoms with E-state index >= 15 is 0 Å². The Morgan fingerprint density at radius 2 is 1.67 bits per heavy atom. The largest absolute Gasteiger partial charge is 0.467 e. The van der Waals surface area contributed by atoms with Crippen molar-refractivity contribution in [2.75, 3.05) is 11.6 Å². The van der Waals surface area contributed by atoms with Gasteiger partial charge in [-0.15, -0.1) is 0 Å². The Labute approximate surface area is 176 Å². The molecule has 1 aromatic heterocycles. The second-order valence-electron chi connectivity index (χ2n) is 6.85. The third kappa shape index (κ3) is 6.38. The molecule has 3 aromatic rings. The highest BCUT2D eigenvalue weighted by Crippen LogP contribution is 2.18. The minimum Gasteiger partial charge on any atom is -0.467 e. The predicted molar refractivity (Wildman–Crippen MR) is 115 cm³/mol. The fourth-order valence-electron chi connectivity index (χ4n) is 2.86. The summed E-state index contributed by atoms with van der Waals surface area (Å²) in [6.45, 7) is 2.66. The molecule has 0 aliphatic heterocycles. The lowest BCUT2D eigenvalue weighted by Crippen LogP contribution is -2.34. The van der Waals surface area contributed by atoms with Gasteiger partial charge < -0.3 is 18.8 Å². The van der Waals surface area contributed by atoms with Gasteiger partial charge in [0, 0.05) is 12.2 Å². The molecule has 0 bridgehead atoms. The van der Waals surface area contributed by atoms with E-state index in [1.807, 2.05) is 24.3 Å². The van der Waals surface area contributed by atoms with E-state index in [-0.39, 0.29) is 18.3 Å². The van der Waals surface area contributed by atoms with E-state index in [2.05, 4.69) is 12.2 Å². The fourth-order valence-corrected chi connectivity index (χ4v) is 3.32. The Morgan fingerprint density at radius 3 is 2.23 bits per heavy atom. The monoisotopic (exact) mass is 428 g/mol. The van der Waals surface area contributed by atoms with Gasteiger partial charge in [-0.05, 0) is 53.9 Å². The zero-order chi connectivity index (χ0) is 21.6. The molecule has 0 atom stereocenters. The minimum absolute atomic E-state index is 0.222. The van der Waals surface area contributed by atoms with Crippen LogP contribution in [0, 0.1) is 0 Å². The highest BCUT2D eigenvalue weighted by atomic mass is 32.2. The number of nitrogens with zero attached hydrogens (tertiary/aromatic N) is 1. The number of carbonyl (C=O) groups excluding carboxylic acids is 1. The highest BCUT2D eigenvalue weighted by molar-refractivity contribution is 7.86. The molecule has 2 amide bonds. The van der Waals surface area contributed by atoms with Crippen molar-refractivity contribution in [2.24, 2.45) is 0 Å². The zero-order valence-electron chi connectivity index (χ0n) is 16.9. The van der Waals surface area contributed by atoms with Crippen LogP contribution in [0.2, 0.25) is 0 Å². The van der Waals surface area contributed by atoms with Crippen LogP contribution in [0.5, 0.6) is 5.75 Å². The third-order valence-electron chi connectivity index (χ3n) is 4.37. The standard InChI is InChI=1S/C22H24N2O5S/c1-3-17-6-10-19(11-7-17)23-22(25)24(16-21-5-4-14-28-21)15-18-8-12-20(13-9-18)29-30(2,26)27/h4-14H,3,15-16H2,1-2H3,(H,23,25). The molecule has 0 aliphatic rings. The summed E-state index contributed by atoms with van der Waals surface area (Å²) >= 11 is 0. The molecule has 158 valence electrons. The lowest BCUT2D eigenvalue weighted by molar-refractivity contribution is 0.201. The van der Waals surface area contributed by atoms with Crippen LogP contribution in [-0.4, -0.2) is 25.6 Å². The van der Waals surface area contributed by atoms with Gasteiger partial charge in [-0.1, -0.05) is 31.2 Å². The average molecular weight is 429 g/mol. The van der Waals surface area contributed by atoms with Gasteiger partial charge in [-0.3, -0.25) is 0 Å². The summed E-state index contributed by atoms with van der Waals surface area (Å²) in [4.78, 5) is 14.5. The number of carbonyl (C=O) groups is 1. The molecule has 0 radical (unpaired) electrons. The molecule has 3 rings (SSSR count). The van der Waals surface area contributed by atoms with Crippen molar-refractivity contribution in [3.63, 3.8) is 0 Å². The van der Waals surface area contributed by atoms with Crippen molar-refractivity contribution in [1.29, 1.82) is 0 Å². The summed E-state index contributed by atoms with van der Waals surface area (Å²) in [6, 6.07) is 17.6. The van der Waals surface area contributed by atoms with Gasteiger partial charge in [-0.25, -0.2) is 4.79 Å². The smallest absolute Gasteiger partial charge is 0.322 e. The third-order valence-corrected chi connectivity index (χ3v) is 4.87. The summed E-state index contributed by atoms with van der Waals surface area (Å²) in [5.74, 6) is 0.878. The molecular weight excluding hydrogens is 404 g/mol. The van der Waals surface area contributed by atoms with Crippen LogP contribution in [0.15, 0.2) is 71.3 Å². The number of nitrogens with one attached hydrogen (secondary N) is 1. The second kappa shape index (κ2) is 9.49. The Hall–Kier alpha value is -3.26. The maximum atomic E-state index is 12.9. The van der Waals surface area contributed by atoms with E-state index in [1.165, 1.54) is 5.56 Å². The molecule has 7 nitrogen and oxygen atoms in total. The van der Waals surface area contributed by atoms with Crippen molar-refractivity contribution in [1.82, 2.24) is 4.90 Å². The van der Waals surface area contributed by atoms with E-state index in [0.29, 0.717) is 18.0 Å². The van der Waals surface area contributed by atoms with E-state index in [9.17, 15) is 13.2 Å². The van der Waals surface area contributed by atoms with Gasteiger partial charge in [0.15, 0.2) is 0 Å². The quantitative estimate of drug-likeness (QED) is 0.537. The van der Waals surface area contributed by atoms with Crippen LogP contribution in [0.3, 0.4) is 0 Å². The Bertz CT molecular complexity index is 1060. The van der Waals surface area contributed by atoms with Crippen LogP contribution in [0.1, 0.15) is 23.8 Å². The van der Waals surface area contributed by atoms with Crippen molar-refractivity contribution in [2.45, 2.75) is 26.4 Å². The van der Waals surface area contributed by atoms with Crippen molar-refractivity contribution in [3.05, 3.63) is 83.8 Å². The van der Waals surface area contributed by atoms with E-state index in [4.69, 9.17) is 8.60 Å². The van der Waals surface area contributed by atoms with E-state index in [1.54, 1.807) is 47.6 Å². The summed E-state index contributed by atoms with van der Waals surface area (Å²) in [5, 5.41) is 2.91. The van der Waals surface area contributed by atoms with E-state index < -0.39 is 10.1 Å². The molecule has 8 heteroatoms. The van der Waals surface area contributed by atoms with Gasteiger partial charge in [0.25, 0.3) is 0 Å². The number of hydrogen-bond acceptors (Lipinski definition) is 5. The van der Waals surface area contributed by atoms with Crippen molar-refractivity contribution in [3.8, 4) is 5.75 Å². The van der Waals surface area contributed by atoms with Gasteiger partial charge in [0.05, 0.1) is 19.1 Å². The molecule has 2 aromatic carbocycles. The molecule has 0 spiro atoms. The van der Waals surface area contributed by atoms with Crippen LogP contribution in [-0.2, 0) is 29.6 Å². The summed E-state index contributed by atoms with van der Waals surface area (Å²) in [5.41, 5.74) is 2.72. The molecule has 0 unspecified atom stereocenters. The molecule has 0 saturated carbocycles. The first kappa shape index (κ1) is 21.4. The summed E-state index contributed by atoms with van der Waals surface area (Å²) in [7, 11) is -3.59. The van der Waals surface area contributed by atoms with Crippen molar-refractivity contribution >= 4 is 21.8 Å². The second-order valence-corrected chi connectivity index (χ2v) is 8.42. The number of rotatable bonds is 8. The first-order valence-electron chi connectivity index (χ1n) is 9.48. The molecule has 30 heavy (non-hydrogen) atoms. The first-order chi connectivity index (χ1) is 14.3. The van der Waals surface area contributed by atoms with Crippen molar-refractivity contribution < 1.29 is 21.8 Å². The molecule has 0 fully saturated rings. The van der Waals surface area contributed by atoms with E-state index in [0.717, 1.165) is 18.2 Å². The topological polar surface area (TPSA) is 88.9 Å². The predicted octanol–water partition coefficient (Wildman–Crippen LogP) is 4.41. The number of anilines is 1. The lowest BCUT2D eigenvalue weighted by Gasteiger charge is -2.22.